The molecular weight excluding hydrogens is 361 g/mol. The van der Waals surface area contributed by atoms with Gasteiger partial charge in [-0.3, -0.25) is 9.88 Å². The normalized spacial score (nSPS) is 19.4. The van der Waals surface area contributed by atoms with Crippen molar-refractivity contribution >= 4 is 17.5 Å². The Bertz CT molecular complexity index is 839. The van der Waals surface area contributed by atoms with Crippen LogP contribution in [0.4, 0.5) is 20.6 Å². The Balaban J connectivity index is 1.44. The average Bonchev–Trinajstić information content (AvgIpc) is 2.67. The van der Waals surface area contributed by atoms with E-state index in [1.165, 1.54) is 12.1 Å². The highest BCUT2D eigenvalue weighted by molar-refractivity contribution is 5.88. The first-order chi connectivity index (χ1) is 13.6. The number of benzene rings is 1. The van der Waals surface area contributed by atoms with Gasteiger partial charge in [0.05, 0.1) is 29.2 Å². The summed E-state index contributed by atoms with van der Waals surface area (Å²) in [5.41, 5.74) is 3.41. The van der Waals surface area contributed by atoms with Gasteiger partial charge in [-0.2, -0.15) is 0 Å². The first-order valence-electron chi connectivity index (χ1n) is 9.68. The Morgan fingerprint density at radius 3 is 2.86 bits per heavy atom. The molecule has 2 atom stereocenters. The molecule has 148 valence electrons. The van der Waals surface area contributed by atoms with Crippen molar-refractivity contribution in [2.24, 2.45) is 0 Å². The molecule has 0 spiro atoms. The Kier molecular flexibility index (Phi) is 5.43. The van der Waals surface area contributed by atoms with Crippen LogP contribution in [0.1, 0.15) is 37.2 Å². The molecule has 2 aliphatic heterocycles. The number of aryl methyl sites for hydroxylation is 1. The zero-order valence-corrected chi connectivity index (χ0v) is 15.9. The average molecular weight is 385 g/mol. The van der Waals surface area contributed by atoms with Crippen molar-refractivity contribution in [1.29, 1.82) is 0 Å². The largest absolute Gasteiger partial charge is 0.446 e. The molecule has 0 bridgehead atoms. The van der Waals surface area contributed by atoms with Gasteiger partial charge in [0.25, 0.3) is 0 Å². The maximum absolute atomic E-state index is 13.1. The van der Waals surface area contributed by atoms with E-state index in [0.29, 0.717) is 13.2 Å². The number of pyridine rings is 1. The highest BCUT2D eigenvalue weighted by atomic mass is 19.1. The topological polar surface area (TPSA) is 63.7 Å². The molecule has 7 heteroatoms. The summed E-state index contributed by atoms with van der Waals surface area (Å²) in [5, 5.41) is 3.32. The fourth-order valence-electron chi connectivity index (χ4n) is 3.42. The molecular formula is C21H24FN3O3. The fraction of sp³-hybridized carbons (Fsp3) is 0.429. The molecule has 1 amide bonds. The molecule has 2 unspecified atom stereocenters. The van der Waals surface area contributed by atoms with Crippen LogP contribution in [0.2, 0.25) is 0 Å². The third-order valence-electron chi connectivity index (χ3n) is 5.14. The number of carbonyl (C=O) groups is 1. The van der Waals surface area contributed by atoms with Gasteiger partial charge in [0.15, 0.2) is 0 Å². The second kappa shape index (κ2) is 8.14. The number of carbonyl (C=O) groups excluding carboxylic acids is 1. The van der Waals surface area contributed by atoms with E-state index in [1.54, 1.807) is 17.0 Å². The van der Waals surface area contributed by atoms with Crippen molar-refractivity contribution < 1.29 is 18.7 Å². The zero-order chi connectivity index (χ0) is 19.5. The third kappa shape index (κ3) is 4.09. The molecule has 1 aromatic heterocycles. The third-order valence-corrected chi connectivity index (χ3v) is 5.14. The maximum atomic E-state index is 13.1. The Morgan fingerprint density at radius 2 is 2.14 bits per heavy atom. The highest BCUT2D eigenvalue weighted by Crippen LogP contribution is 2.29. The quantitative estimate of drug-likeness (QED) is 0.841. The summed E-state index contributed by atoms with van der Waals surface area (Å²) in [7, 11) is 0. The van der Waals surface area contributed by atoms with Gasteiger partial charge in [-0.1, -0.05) is 0 Å². The van der Waals surface area contributed by atoms with Crippen LogP contribution in [0.3, 0.4) is 0 Å². The van der Waals surface area contributed by atoms with E-state index in [2.05, 4.69) is 5.32 Å². The second-order valence-corrected chi connectivity index (χ2v) is 7.19. The van der Waals surface area contributed by atoms with Gasteiger partial charge in [0.1, 0.15) is 12.4 Å². The number of hydrogen-bond donors (Lipinski definition) is 1. The molecule has 2 aromatic rings. The SMILES string of the molecule is CC(Nc1ccc(F)cc1)c1ccc2c(n1)CCCN2C(=O)OCC1CCO1. The number of amides is 1. The van der Waals surface area contributed by atoms with Crippen LogP contribution in [0.25, 0.3) is 0 Å². The minimum absolute atomic E-state index is 0.0343. The van der Waals surface area contributed by atoms with Crippen molar-refractivity contribution in [2.75, 3.05) is 30.0 Å². The lowest BCUT2D eigenvalue weighted by Gasteiger charge is -2.31. The summed E-state index contributed by atoms with van der Waals surface area (Å²) in [5.74, 6) is -0.263. The van der Waals surface area contributed by atoms with E-state index in [9.17, 15) is 9.18 Å². The summed E-state index contributed by atoms with van der Waals surface area (Å²) in [6.45, 7) is 3.67. The number of halogens is 1. The van der Waals surface area contributed by atoms with Crippen molar-refractivity contribution in [3.63, 3.8) is 0 Å². The number of rotatable bonds is 5. The molecule has 1 N–H and O–H groups in total. The summed E-state index contributed by atoms with van der Waals surface area (Å²) in [6, 6.07) is 10.1. The van der Waals surface area contributed by atoms with Gasteiger partial charge in [-0.15, -0.1) is 0 Å². The molecule has 1 aromatic carbocycles. The van der Waals surface area contributed by atoms with Gasteiger partial charge in [0, 0.05) is 25.3 Å². The van der Waals surface area contributed by atoms with Crippen LogP contribution < -0.4 is 10.2 Å². The molecule has 0 aliphatic carbocycles. The molecule has 0 saturated carbocycles. The summed E-state index contributed by atoms with van der Waals surface area (Å²) in [4.78, 5) is 18.9. The van der Waals surface area contributed by atoms with Crippen LogP contribution in [0, 0.1) is 5.82 Å². The molecule has 4 rings (SSSR count). The van der Waals surface area contributed by atoms with Gasteiger partial charge in [0.2, 0.25) is 0 Å². The number of hydrogen-bond acceptors (Lipinski definition) is 5. The van der Waals surface area contributed by atoms with Crippen LogP contribution in [0.15, 0.2) is 36.4 Å². The minimum atomic E-state index is -0.344. The number of aromatic nitrogens is 1. The second-order valence-electron chi connectivity index (χ2n) is 7.19. The number of anilines is 2. The fourth-order valence-corrected chi connectivity index (χ4v) is 3.42. The molecule has 1 fully saturated rings. The minimum Gasteiger partial charge on any atom is -0.446 e. The Morgan fingerprint density at radius 1 is 1.36 bits per heavy atom. The van der Waals surface area contributed by atoms with Crippen LogP contribution >= 0.6 is 0 Å². The monoisotopic (exact) mass is 385 g/mol. The first kappa shape index (κ1) is 18.7. The van der Waals surface area contributed by atoms with E-state index in [-0.39, 0.29) is 24.1 Å². The van der Waals surface area contributed by atoms with E-state index < -0.39 is 0 Å². The van der Waals surface area contributed by atoms with Crippen molar-refractivity contribution in [2.45, 2.75) is 38.3 Å². The molecule has 0 radical (unpaired) electrons. The summed E-state index contributed by atoms with van der Waals surface area (Å²) >= 11 is 0. The van der Waals surface area contributed by atoms with Crippen molar-refractivity contribution in [3.05, 3.63) is 53.6 Å². The van der Waals surface area contributed by atoms with Gasteiger partial charge in [-0.25, -0.2) is 9.18 Å². The maximum Gasteiger partial charge on any atom is 0.414 e. The van der Waals surface area contributed by atoms with Crippen LogP contribution in [-0.2, 0) is 15.9 Å². The van der Waals surface area contributed by atoms with E-state index in [1.807, 2.05) is 19.1 Å². The van der Waals surface area contributed by atoms with Gasteiger partial charge >= 0.3 is 6.09 Å². The Labute approximate surface area is 163 Å². The number of ether oxygens (including phenoxy) is 2. The van der Waals surface area contributed by atoms with Crippen LogP contribution in [0.5, 0.6) is 0 Å². The number of nitrogens with zero attached hydrogens (tertiary/aromatic N) is 2. The predicted molar refractivity (Wildman–Crippen MR) is 104 cm³/mol. The van der Waals surface area contributed by atoms with Gasteiger partial charge in [-0.05, 0) is 56.2 Å². The van der Waals surface area contributed by atoms with E-state index in [0.717, 1.165) is 48.6 Å². The summed E-state index contributed by atoms with van der Waals surface area (Å²) < 4.78 is 23.8. The van der Waals surface area contributed by atoms with Gasteiger partial charge < -0.3 is 14.8 Å². The van der Waals surface area contributed by atoms with E-state index in [4.69, 9.17) is 14.5 Å². The lowest BCUT2D eigenvalue weighted by molar-refractivity contribution is -0.0789. The Hall–Kier alpha value is -2.67. The molecule has 3 heterocycles. The standard InChI is InChI=1S/C21H24FN3O3/c1-14(23-16-6-4-15(22)5-7-16)18-8-9-20-19(24-18)3-2-11-25(20)21(26)28-13-17-10-12-27-17/h4-9,14,17,23H,2-3,10-13H2,1H3. The molecule has 28 heavy (non-hydrogen) atoms. The van der Waals surface area contributed by atoms with Crippen molar-refractivity contribution in [1.82, 2.24) is 4.98 Å². The highest BCUT2D eigenvalue weighted by Gasteiger charge is 2.27. The summed E-state index contributed by atoms with van der Waals surface area (Å²) in [6.07, 6.45) is 2.30. The lowest BCUT2D eigenvalue weighted by Crippen LogP contribution is -2.39. The molecule has 2 aliphatic rings. The smallest absolute Gasteiger partial charge is 0.414 e. The molecule has 6 nitrogen and oxygen atoms in total. The zero-order valence-electron chi connectivity index (χ0n) is 15.9. The molecule has 1 saturated heterocycles. The van der Waals surface area contributed by atoms with E-state index >= 15 is 0 Å². The number of nitrogens with one attached hydrogen (secondary N) is 1. The first-order valence-corrected chi connectivity index (χ1v) is 9.68. The van der Waals surface area contributed by atoms with Crippen LogP contribution in [-0.4, -0.2) is 36.9 Å². The predicted octanol–water partition coefficient (Wildman–Crippen LogP) is 4.07. The number of fused-ring (bicyclic) bond motifs is 1. The lowest BCUT2D eigenvalue weighted by atomic mass is 10.1. The van der Waals surface area contributed by atoms with Crippen molar-refractivity contribution in [3.8, 4) is 0 Å².